The summed E-state index contributed by atoms with van der Waals surface area (Å²) in [6, 6.07) is 0. The first-order valence-electron chi connectivity index (χ1n) is 7.94. The highest BCUT2D eigenvalue weighted by Gasteiger charge is 2.13. The lowest BCUT2D eigenvalue weighted by Crippen LogP contribution is -2.18. The zero-order valence-corrected chi connectivity index (χ0v) is 12.7. The van der Waals surface area contributed by atoms with Gasteiger partial charge in [-0.25, -0.2) is 0 Å². The van der Waals surface area contributed by atoms with Crippen LogP contribution in [0.5, 0.6) is 0 Å². The van der Waals surface area contributed by atoms with Crippen LogP contribution in [0.4, 0.5) is 0 Å². The summed E-state index contributed by atoms with van der Waals surface area (Å²) < 4.78 is 5.61. The molecule has 0 aliphatic rings. The Labute approximate surface area is 113 Å². The van der Waals surface area contributed by atoms with Gasteiger partial charge in [-0.1, -0.05) is 59.3 Å². The van der Waals surface area contributed by atoms with E-state index in [1.807, 2.05) is 0 Å². The van der Waals surface area contributed by atoms with Crippen molar-refractivity contribution in [2.75, 3.05) is 0 Å². The number of hydrogen-bond donors (Lipinski definition) is 0. The third-order valence-corrected chi connectivity index (χ3v) is 3.29. The molecule has 2 heteroatoms. The highest BCUT2D eigenvalue weighted by Crippen LogP contribution is 2.15. The van der Waals surface area contributed by atoms with Gasteiger partial charge < -0.3 is 4.74 Å². The minimum atomic E-state index is 0.0149. The number of hydrogen-bond acceptors (Lipinski definition) is 2. The van der Waals surface area contributed by atoms with Crippen LogP contribution in [0.2, 0.25) is 0 Å². The lowest BCUT2D eigenvalue weighted by atomic mass is 10.1. The highest BCUT2D eigenvalue weighted by atomic mass is 16.5. The molecule has 1 atom stereocenters. The third kappa shape index (κ3) is 10.6. The molecule has 0 heterocycles. The molecule has 108 valence electrons. The molecule has 0 N–H and O–H groups in total. The Bertz CT molecular complexity index is 190. The van der Waals surface area contributed by atoms with E-state index < -0.39 is 0 Å². The van der Waals surface area contributed by atoms with Gasteiger partial charge in [0.15, 0.2) is 0 Å². The molecule has 2 nitrogen and oxygen atoms in total. The summed E-state index contributed by atoms with van der Waals surface area (Å²) in [5, 5.41) is 0. The second-order valence-electron chi connectivity index (χ2n) is 5.21. The molecule has 0 radical (unpaired) electrons. The van der Waals surface area contributed by atoms with E-state index >= 15 is 0 Å². The van der Waals surface area contributed by atoms with Crippen LogP contribution in [0, 0.1) is 0 Å². The predicted octanol–water partition coefficient (Wildman–Crippen LogP) is 5.25. The minimum Gasteiger partial charge on any atom is -0.462 e. The predicted molar refractivity (Wildman–Crippen MR) is 77.7 cm³/mol. The third-order valence-electron chi connectivity index (χ3n) is 3.29. The molecule has 0 spiro atoms. The van der Waals surface area contributed by atoms with Crippen LogP contribution in [0.15, 0.2) is 0 Å². The Hall–Kier alpha value is -0.530. The van der Waals surface area contributed by atoms with Gasteiger partial charge in [-0.3, -0.25) is 4.79 Å². The van der Waals surface area contributed by atoms with Crippen LogP contribution in [-0.4, -0.2) is 12.1 Å². The molecule has 0 aliphatic carbocycles. The Morgan fingerprint density at radius 1 is 0.833 bits per heavy atom. The number of esters is 1. The van der Waals surface area contributed by atoms with Gasteiger partial charge in [0.25, 0.3) is 0 Å². The van der Waals surface area contributed by atoms with Crippen molar-refractivity contribution in [3.8, 4) is 0 Å². The average Bonchev–Trinajstić information content (AvgIpc) is 2.36. The molecular formula is C16H32O2. The van der Waals surface area contributed by atoms with Crippen molar-refractivity contribution in [3.63, 3.8) is 0 Å². The Morgan fingerprint density at radius 2 is 1.39 bits per heavy atom. The van der Waals surface area contributed by atoms with E-state index in [0.717, 1.165) is 32.1 Å². The highest BCUT2D eigenvalue weighted by molar-refractivity contribution is 5.69. The van der Waals surface area contributed by atoms with E-state index in [-0.39, 0.29) is 12.1 Å². The van der Waals surface area contributed by atoms with Crippen molar-refractivity contribution < 1.29 is 9.53 Å². The first-order chi connectivity index (χ1) is 8.74. The number of rotatable bonds is 12. The molecule has 0 bridgehead atoms. The fraction of sp³-hybridized carbons (Fsp3) is 0.938. The molecule has 0 aromatic carbocycles. The first-order valence-corrected chi connectivity index (χ1v) is 7.94. The summed E-state index contributed by atoms with van der Waals surface area (Å²) in [6.45, 7) is 6.55. The average molecular weight is 256 g/mol. The summed E-state index contributed by atoms with van der Waals surface area (Å²) in [5.74, 6) is 0.0149. The zero-order chi connectivity index (χ0) is 13.6. The van der Waals surface area contributed by atoms with Crippen LogP contribution in [-0.2, 0) is 9.53 Å². The van der Waals surface area contributed by atoms with Crippen molar-refractivity contribution >= 4 is 5.97 Å². The Balaban J connectivity index is 3.84. The van der Waals surface area contributed by atoms with Crippen molar-refractivity contribution in [2.24, 2.45) is 0 Å². The van der Waals surface area contributed by atoms with Gasteiger partial charge in [0.1, 0.15) is 6.10 Å². The fourth-order valence-electron chi connectivity index (χ4n) is 2.08. The monoisotopic (exact) mass is 256 g/mol. The number of ether oxygens (including phenoxy) is 1. The summed E-state index contributed by atoms with van der Waals surface area (Å²) in [4.78, 5) is 11.7. The lowest BCUT2D eigenvalue weighted by molar-refractivity contribution is -0.150. The largest absolute Gasteiger partial charge is 0.462 e. The standard InChI is InChI=1S/C16H32O2/c1-4-7-10-13-15(12-9-6-3)18-16(17)14-11-8-5-2/h15H,4-14H2,1-3H3. The van der Waals surface area contributed by atoms with E-state index in [1.165, 1.54) is 32.1 Å². The number of carbonyl (C=O) groups excluding carboxylic acids is 1. The second-order valence-corrected chi connectivity index (χ2v) is 5.21. The van der Waals surface area contributed by atoms with Crippen LogP contribution in [0.1, 0.15) is 91.4 Å². The van der Waals surface area contributed by atoms with Gasteiger partial charge in [0.2, 0.25) is 0 Å². The van der Waals surface area contributed by atoms with Gasteiger partial charge in [0, 0.05) is 6.42 Å². The second kappa shape index (κ2) is 12.9. The van der Waals surface area contributed by atoms with Gasteiger partial charge in [-0.15, -0.1) is 0 Å². The maximum Gasteiger partial charge on any atom is 0.306 e. The van der Waals surface area contributed by atoms with E-state index in [2.05, 4.69) is 20.8 Å². The van der Waals surface area contributed by atoms with Crippen LogP contribution in [0.3, 0.4) is 0 Å². The van der Waals surface area contributed by atoms with Gasteiger partial charge >= 0.3 is 5.97 Å². The maximum atomic E-state index is 11.7. The van der Waals surface area contributed by atoms with Crippen LogP contribution >= 0.6 is 0 Å². The smallest absolute Gasteiger partial charge is 0.306 e. The number of unbranched alkanes of at least 4 members (excludes halogenated alkanes) is 5. The Kier molecular flexibility index (Phi) is 12.5. The van der Waals surface area contributed by atoms with E-state index in [9.17, 15) is 4.79 Å². The summed E-state index contributed by atoms with van der Waals surface area (Å²) in [7, 11) is 0. The zero-order valence-electron chi connectivity index (χ0n) is 12.7. The van der Waals surface area contributed by atoms with Crippen LogP contribution < -0.4 is 0 Å². The van der Waals surface area contributed by atoms with E-state index in [0.29, 0.717) is 6.42 Å². The molecule has 0 saturated carbocycles. The first kappa shape index (κ1) is 17.5. The van der Waals surface area contributed by atoms with Crippen LogP contribution in [0.25, 0.3) is 0 Å². The lowest BCUT2D eigenvalue weighted by Gasteiger charge is -2.17. The van der Waals surface area contributed by atoms with E-state index in [4.69, 9.17) is 4.74 Å². The van der Waals surface area contributed by atoms with Crippen molar-refractivity contribution in [1.82, 2.24) is 0 Å². The van der Waals surface area contributed by atoms with Gasteiger partial charge in [-0.2, -0.15) is 0 Å². The van der Waals surface area contributed by atoms with Crippen molar-refractivity contribution in [3.05, 3.63) is 0 Å². The van der Waals surface area contributed by atoms with Gasteiger partial charge in [-0.05, 0) is 25.7 Å². The number of carbonyl (C=O) groups is 1. The maximum absolute atomic E-state index is 11.7. The normalized spacial score (nSPS) is 12.4. The fourth-order valence-corrected chi connectivity index (χ4v) is 2.08. The molecular weight excluding hydrogens is 224 g/mol. The summed E-state index contributed by atoms with van der Waals surface area (Å²) >= 11 is 0. The molecule has 0 aliphatic heterocycles. The minimum absolute atomic E-state index is 0.0149. The molecule has 1 unspecified atom stereocenters. The Morgan fingerprint density at radius 3 is 2.00 bits per heavy atom. The van der Waals surface area contributed by atoms with Gasteiger partial charge in [0.05, 0.1) is 0 Å². The quantitative estimate of drug-likeness (QED) is 0.352. The molecule has 0 amide bonds. The van der Waals surface area contributed by atoms with Crippen molar-refractivity contribution in [2.45, 2.75) is 97.5 Å². The molecule has 0 aromatic heterocycles. The summed E-state index contributed by atoms with van der Waals surface area (Å²) in [6.07, 6.45) is 12.1. The SMILES string of the molecule is CCCCCC(=O)OC(CCCC)CCCCC. The molecule has 0 fully saturated rings. The summed E-state index contributed by atoms with van der Waals surface area (Å²) in [5.41, 5.74) is 0. The van der Waals surface area contributed by atoms with Crippen molar-refractivity contribution in [1.29, 1.82) is 0 Å². The molecule has 0 aromatic rings. The van der Waals surface area contributed by atoms with E-state index in [1.54, 1.807) is 0 Å². The molecule has 18 heavy (non-hydrogen) atoms. The topological polar surface area (TPSA) is 26.3 Å². The molecule has 0 saturated heterocycles. The molecule has 0 rings (SSSR count).